The van der Waals surface area contributed by atoms with Crippen molar-refractivity contribution in [3.05, 3.63) is 46.8 Å². The Labute approximate surface area is 109 Å². The molecule has 0 bridgehead atoms. The first-order valence-corrected chi connectivity index (χ1v) is 6.07. The smallest absolute Gasteiger partial charge is 0.278 e. The van der Waals surface area contributed by atoms with Gasteiger partial charge in [0, 0.05) is 17.7 Å². The molecule has 3 rings (SSSR count). The molecule has 0 atom stereocenters. The van der Waals surface area contributed by atoms with Crippen LogP contribution >= 0.6 is 0 Å². The standard InChI is InChI=1S/C14H11N3O2/c15-8-9-4-6-10(7-5-9)16-14(18)13-11-2-1-3-12(11)19-17-13/h4-7H,1-3H2,(H,16,18). The maximum absolute atomic E-state index is 12.1. The third-order valence-electron chi connectivity index (χ3n) is 3.19. The van der Waals surface area contributed by atoms with Crippen LogP contribution in [0.5, 0.6) is 0 Å². The molecule has 5 nitrogen and oxygen atoms in total. The lowest BCUT2D eigenvalue weighted by Gasteiger charge is -2.03. The van der Waals surface area contributed by atoms with Crippen molar-refractivity contribution in [2.75, 3.05) is 5.32 Å². The molecule has 0 saturated heterocycles. The number of rotatable bonds is 2. The minimum Gasteiger partial charge on any atom is -0.360 e. The van der Waals surface area contributed by atoms with Gasteiger partial charge in [-0.2, -0.15) is 5.26 Å². The number of carbonyl (C=O) groups is 1. The van der Waals surface area contributed by atoms with E-state index in [2.05, 4.69) is 10.5 Å². The minimum atomic E-state index is -0.267. The Morgan fingerprint density at radius 1 is 1.32 bits per heavy atom. The van der Waals surface area contributed by atoms with Gasteiger partial charge in [0.2, 0.25) is 0 Å². The van der Waals surface area contributed by atoms with Gasteiger partial charge in [0.1, 0.15) is 5.76 Å². The number of hydrogen-bond donors (Lipinski definition) is 1. The fourth-order valence-corrected chi connectivity index (χ4v) is 2.22. The summed E-state index contributed by atoms with van der Waals surface area (Å²) in [6, 6.07) is 8.72. The van der Waals surface area contributed by atoms with E-state index in [4.69, 9.17) is 9.78 Å². The number of fused-ring (bicyclic) bond motifs is 1. The molecule has 0 fully saturated rings. The number of aromatic nitrogens is 1. The van der Waals surface area contributed by atoms with Gasteiger partial charge in [-0.3, -0.25) is 4.79 Å². The van der Waals surface area contributed by atoms with Gasteiger partial charge < -0.3 is 9.84 Å². The average molecular weight is 253 g/mol. The van der Waals surface area contributed by atoms with Gasteiger partial charge in [0.25, 0.3) is 5.91 Å². The zero-order valence-corrected chi connectivity index (χ0v) is 10.1. The van der Waals surface area contributed by atoms with Crippen molar-refractivity contribution in [2.45, 2.75) is 19.3 Å². The number of benzene rings is 1. The number of anilines is 1. The van der Waals surface area contributed by atoms with Gasteiger partial charge in [-0.15, -0.1) is 0 Å². The fraction of sp³-hybridized carbons (Fsp3) is 0.214. The average Bonchev–Trinajstić information content (AvgIpc) is 3.01. The Morgan fingerprint density at radius 3 is 2.84 bits per heavy atom. The molecule has 0 radical (unpaired) electrons. The number of carbonyl (C=O) groups excluding carboxylic acids is 1. The summed E-state index contributed by atoms with van der Waals surface area (Å²) in [7, 11) is 0. The van der Waals surface area contributed by atoms with Crippen molar-refractivity contribution >= 4 is 11.6 Å². The first-order valence-electron chi connectivity index (χ1n) is 6.07. The van der Waals surface area contributed by atoms with E-state index in [1.54, 1.807) is 24.3 Å². The first-order chi connectivity index (χ1) is 9.28. The molecule has 1 N–H and O–H groups in total. The molecule has 0 spiro atoms. The zero-order valence-electron chi connectivity index (χ0n) is 10.1. The summed E-state index contributed by atoms with van der Waals surface area (Å²) in [5.41, 5.74) is 2.49. The topological polar surface area (TPSA) is 78.9 Å². The molecule has 0 unspecified atom stereocenters. The predicted molar refractivity (Wildman–Crippen MR) is 67.6 cm³/mol. The summed E-state index contributed by atoms with van der Waals surface area (Å²) in [5.74, 6) is 0.557. The quantitative estimate of drug-likeness (QED) is 0.890. The van der Waals surface area contributed by atoms with E-state index < -0.39 is 0 Å². The second kappa shape index (κ2) is 4.58. The second-order valence-electron chi connectivity index (χ2n) is 4.43. The van der Waals surface area contributed by atoms with Crippen LogP contribution in [0.25, 0.3) is 0 Å². The number of nitrogens with one attached hydrogen (secondary N) is 1. The Hall–Kier alpha value is -2.61. The SMILES string of the molecule is N#Cc1ccc(NC(=O)c2noc3c2CCC3)cc1. The molecule has 1 heterocycles. The predicted octanol–water partition coefficient (Wildman–Crippen LogP) is 2.29. The van der Waals surface area contributed by atoms with Crippen LogP contribution < -0.4 is 5.32 Å². The lowest BCUT2D eigenvalue weighted by atomic mass is 10.2. The van der Waals surface area contributed by atoms with Crippen LogP contribution in [0.1, 0.15) is 33.8 Å². The molecule has 0 saturated carbocycles. The van der Waals surface area contributed by atoms with Crippen LogP contribution in [0.4, 0.5) is 5.69 Å². The molecule has 5 heteroatoms. The van der Waals surface area contributed by atoms with E-state index in [-0.39, 0.29) is 5.91 Å². The highest BCUT2D eigenvalue weighted by Crippen LogP contribution is 2.25. The van der Waals surface area contributed by atoms with Crippen molar-refractivity contribution in [3.8, 4) is 6.07 Å². The van der Waals surface area contributed by atoms with Gasteiger partial charge in [-0.05, 0) is 37.1 Å². The summed E-state index contributed by atoms with van der Waals surface area (Å²) in [6.07, 6.45) is 2.70. The summed E-state index contributed by atoms with van der Waals surface area (Å²) in [6.45, 7) is 0. The highest BCUT2D eigenvalue weighted by molar-refractivity contribution is 6.04. The molecule has 1 aliphatic carbocycles. The largest absolute Gasteiger partial charge is 0.360 e. The highest BCUT2D eigenvalue weighted by atomic mass is 16.5. The number of amides is 1. The van der Waals surface area contributed by atoms with E-state index in [0.29, 0.717) is 16.9 Å². The highest BCUT2D eigenvalue weighted by Gasteiger charge is 2.25. The molecule has 19 heavy (non-hydrogen) atoms. The van der Waals surface area contributed by atoms with Crippen LogP contribution in [-0.2, 0) is 12.8 Å². The molecule has 1 amide bonds. The zero-order chi connectivity index (χ0) is 13.2. The molecular formula is C14H11N3O2. The van der Waals surface area contributed by atoms with Crippen LogP contribution in [0.2, 0.25) is 0 Å². The maximum atomic E-state index is 12.1. The molecule has 2 aromatic rings. The Morgan fingerprint density at radius 2 is 2.11 bits per heavy atom. The lowest BCUT2D eigenvalue weighted by molar-refractivity contribution is 0.101. The fourth-order valence-electron chi connectivity index (χ4n) is 2.22. The van der Waals surface area contributed by atoms with E-state index in [9.17, 15) is 4.79 Å². The van der Waals surface area contributed by atoms with Crippen LogP contribution in [0.3, 0.4) is 0 Å². The van der Waals surface area contributed by atoms with E-state index in [0.717, 1.165) is 30.6 Å². The van der Waals surface area contributed by atoms with Crippen molar-refractivity contribution in [1.29, 1.82) is 5.26 Å². The third-order valence-corrected chi connectivity index (χ3v) is 3.19. The van der Waals surface area contributed by atoms with Crippen molar-refractivity contribution in [2.24, 2.45) is 0 Å². The molecule has 94 valence electrons. The van der Waals surface area contributed by atoms with Gasteiger partial charge in [-0.25, -0.2) is 0 Å². The van der Waals surface area contributed by atoms with Crippen LogP contribution in [0.15, 0.2) is 28.8 Å². The first kappa shape index (κ1) is 11.5. The number of aryl methyl sites for hydroxylation is 1. The van der Waals surface area contributed by atoms with Gasteiger partial charge in [0.15, 0.2) is 5.69 Å². The van der Waals surface area contributed by atoms with Crippen LogP contribution in [-0.4, -0.2) is 11.1 Å². The van der Waals surface area contributed by atoms with Gasteiger partial charge in [0.05, 0.1) is 11.6 Å². The van der Waals surface area contributed by atoms with Gasteiger partial charge in [-0.1, -0.05) is 5.16 Å². The number of hydrogen-bond acceptors (Lipinski definition) is 4. The summed E-state index contributed by atoms with van der Waals surface area (Å²) >= 11 is 0. The lowest BCUT2D eigenvalue weighted by Crippen LogP contribution is -2.14. The Kier molecular flexibility index (Phi) is 2.76. The molecule has 1 aromatic carbocycles. The molecule has 1 aromatic heterocycles. The van der Waals surface area contributed by atoms with Crippen molar-refractivity contribution < 1.29 is 9.32 Å². The maximum Gasteiger partial charge on any atom is 0.278 e. The monoisotopic (exact) mass is 253 g/mol. The van der Waals surface area contributed by atoms with Crippen molar-refractivity contribution in [3.63, 3.8) is 0 Å². The second-order valence-corrected chi connectivity index (χ2v) is 4.43. The van der Waals surface area contributed by atoms with Gasteiger partial charge >= 0.3 is 0 Å². The number of nitriles is 1. The molecule has 0 aliphatic heterocycles. The van der Waals surface area contributed by atoms with Crippen LogP contribution in [0, 0.1) is 11.3 Å². The third kappa shape index (κ3) is 2.08. The molecule has 1 aliphatic rings. The van der Waals surface area contributed by atoms with E-state index in [1.165, 1.54) is 0 Å². The summed E-state index contributed by atoms with van der Waals surface area (Å²) in [4.78, 5) is 12.1. The van der Waals surface area contributed by atoms with Crippen molar-refractivity contribution in [1.82, 2.24) is 5.16 Å². The minimum absolute atomic E-state index is 0.267. The Balaban J connectivity index is 1.79. The Bertz CT molecular complexity index is 665. The summed E-state index contributed by atoms with van der Waals surface area (Å²) < 4.78 is 5.15. The molecular weight excluding hydrogens is 242 g/mol. The summed E-state index contributed by atoms with van der Waals surface area (Å²) in [5, 5.41) is 15.3. The van der Waals surface area contributed by atoms with E-state index in [1.807, 2.05) is 6.07 Å². The normalized spacial score (nSPS) is 12.8. The van der Waals surface area contributed by atoms with E-state index >= 15 is 0 Å². The number of nitrogens with zero attached hydrogens (tertiary/aromatic N) is 2.